The lowest BCUT2D eigenvalue weighted by Crippen LogP contribution is -2.41. The molecule has 0 unspecified atom stereocenters. The molecule has 2 N–H and O–H groups in total. The fourth-order valence-electron chi connectivity index (χ4n) is 2.27. The van der Waals surface area contributed by atoms with E-state index < -0.39 is 5.91 Å². The van der Waals surface area contributed by atoms with Crippen molar-refractivity contribution in [3.8, 4) is 0 Å². The number of amides is 2. The molecule has 7 nitrogen and oxygen atoms in total. The Hall–Kier alpha value is -2.26. The van der Waals surface area contributed by atoms with Crippen molar-refractivity contribution in [3.63, 3.8) is 0 Å². The minimum atomic E-state index is -0.454. The van der Waals surface area contributed by atoms with Gasteiger partial charge in [0.25, 0.3) is 17.5 Å². The van der Waals surface area contributed by atoms with Gasteiger partial charge in [0.2, 0.25) is 0 Å². The number of aromatic nitrogens is 2. The highest BCUT2D eigenvalue weighted by Crippen LogP contribution is 2.25. The van der Waals surface area contributed by atoms with Crippen molar-refractivity contribution < 1.29 is 14.1 Å². The van der Waals surface area contributed by atoms with Gasteiger partial charge in [-0.25, -0.2) is 4.98 Å². The number of aryl methyl sites for hydroxylation is 1. The molecule has 3 aromatic heterocycles. The fraction of sp³-hybridized carbons (Fsp3) is 0.250. The van der Waals surface area contributed by atoms with Crippen molar-refractivity contribution in [2.45, 2.75) is 26.7 Å². The topological polar surface area (TPSA) is 97.1 Å². The highest BCUT2D eigenvalue weighted by Gasteiger charge is 2.20. The Kier molecular flexibility index (Phi) is 4.87. The predicted octanol–water partition coefficient (Wildman–Crippen LogP) is 3.55. The number of halogens is 1. The molecule has 0 radical (unpaired) electrons. The lowest BCUT2D eigenvalue weighted by atomic mass is 10.0. The van der Waals surface area contributed by atoms with E-state index in [1.165, 1.54) is 11.3 Å². The number of fused-ring (bicyclic) bond motifs is 1. The number of pyridine rings is 1. The van der Waals surface area contributed by atoms with E-state index in [1.807, 2.05) is 13.8 Å². The second-order valence-electron chi connectivity index (χ2n) is 5.71. The van der Waals surface area contributed by atoms with Crippen LogP contribution < -0.4 is 10.9 Å². The molecule has 2 amide bonds. The summed E-state index contributed by atoms with van der Waals surface area (Å²) in [6.45, 7) is 5.67. The van der Waals surface area contributed by atoms with Gasteiger partial charge in [0.1, 0.15) is 0 Å². The molecule has 0 saturated heterocycles. The highest BCUT2D eigenvalue weighted by molar-refractivity contribution is 9.11. The number of thiophene rings is 1. The third kappa shape index (κ3) is 3.57. The first kappa shape index (κ1) is 17.6. The van der Waals surface area contributed by atoms with Crippen LogP contribution in [0.3, 0.4) is 0 Å². The van der Waals surface area contributed by atoms with E-state index in [2.05, 4.69) is 36.9 Å². The van der Waals surface area contributed by atoms with Gasteiger partial charge in [0.15, 0.2) is 0 Å². The Morgan fingerprint density at radius 1 is 1.24 bits per heavy atom. The Balaban J connectivity index is 1.86. The monoisotopic (exact) mass is 422 g/mol. The first-order valence-electron chi connectivity index (χ1n) is 7.49. The first-order valence-corrected chi connectivity index (χ1v) is 9.10. The van der Waals surface area contributed by atoms with E-state index in [0.717, 1.165) is 3.79 Å². The number of hydrogen-bond acceptors (Lipinski definition) is 6. The molecule has 0 fully saturated rings. The van der Waals surface area contributed by atoms with Crippen molar-refractivity contribution in [1.29, 1.82) is 0 Å². The summed E-state index contributed by atoms with van der Waals surface area (Å²) in [5.41, 5.74) is 6.80. The second kappa shape index (κ2) is 6.93. The fourth-order valence-corrected chi connectivity index (χ4v) is 3.55. The van der Waals surface area contributed by atoms with Crippen LogP contribution in [0.1, 0.15) is 51.2 Å². The molecule has 0 spiro atoms. The zero-order chi connectivity index (χ0) is 18.1. The highest BCUT2D eigenvalue weighted by atomic mass is 79.9. The summed E-state index contributed by atoms with van der Waals surface area (Å²) >= 11 is 4.57. The molecule has 0 saturated carbocycles. The summed E-state index contributed by atoms with van der Waals surface area (Å²) in [5.74, 6) is -0.732. The summed E-state index contributed by atoms with van der Waals surface area (Å²) in [4.78, 5) is 29.5. The summed E-state index contributed by atoms with van der Waals surface area (Å²) in [6, 6.07) is 5.13. The van der Waals surface area contributed by atoms with Crippen molar-refractivity contribution in [3.05, 3.63) is 43.8 Å². The van der Waals surface area contributed by atoms with Gasteiger partial charge in [0, 0.05) is 5.69 Å². The number of hydrogen-bond donors (Lipinski definition) is 2. The van der Waals surface area contributed by atoms with Crippen LogP contribution in [-0.4, -0.2) is 22.0 Å². The Morgan fingerprint density at radius 2 is 1.96 bits per heavy atom. The molecule has 0 aliphatic carbocycles. The van der Waals surface area contributed by atoms with Crippen LogP contribution in [-0.2, 0) is 0 Å². The first-order chi connectivity index (χ1) is 11.9. The van der Waals surface area contributed by atoms with Crippen molar-refractivity contribution in [1.82, 2.24) is 21.0 Å². The molecule has 0 bridgehead atoms. The maximum absolute atomic E-state index is 12.6. The third-order valence-electron chi connectivity index (χ3n) is 3.56. The van der Waals surface area contributed by atoms with E-state index >= 15 is 0 Å². The molecular formula is C16H15BrN4O3S. The zero-order valence-electron chi connectivity index (χ0n) is 13.7. The van der Waals surface area contributed by atoms with Crippen LogP contribution in [0.4, 0.5) is 0 Å². The Morgan fingerprint density at radius 3 is 2.60 bits per heavy atom. The smallest absolute Gasteiger partial charge is 0.279 e. The number of nitrogens with one attached hydrogen (secondary N) is 2. The van der Waals surface area contributed by atoms with Crippen LogP contribution in [0.5, 0.6) is 0 Å². The lowest BCUT2D eigenvalue weighted by Gasteiger charge is -2.10. The molecule has 0 aliphatic heterocycles. The maximum atomic E-state index is 12.6. The van der Waals surface area contributed by atoms with Crippen LogP contribution in [0.25, 0.3) is 11.1 Å². The van der Waals surface area contributed by atoms with Crippen LogP contribution in [0.2, 0.25) is 0 Å². The quantitative estimate of drug-likeness (QED) is 0.628. The molecule has 0 atom stereocenters. The van der Waals surface area contributed by atoms with Gasteiger partial charge in [-0.2, -0.15) is 0 Å². The van der Waals surface area contributed by atoms with E-state index in [0.29, 0.717) is 32.9 Å². The number of hydrazine groups is 1. The van der Waals surface area contributed by atoms with E-state index in [-0.39, 0.29) is 11.8 Å². The summed E-state index contributed by atoms with van der Waals surface area (Å²) in [5, 5.41) is 4.41. The minimum Gasteiger partial charge on any atom is -0.336 e. The largest absolute Gasteiger partial charge is 0.336 e. The Labute approximate surface area is 155 Å². The van der Waals surface area contributed by atoms with Gasteiger partial charge in [-0.3, -0.25) is 20.4 Å². The number of carbonyl (C=O) groups excluding carboxylic acids is 2. The SMILES string of the molecule is Cc1noc2nc(C(C)C)cc(C(=O)NNC(=O)c3ccc(Br)s3)c12. The molecule has 3 aromatic rings. The van der Waals surface area contributed by atoms with Gasteiger partial charge < -0.3 is 4.52 Å². The predicted molar refractivity (Wildman–Crippen MR) is 97.6 cm³/mol. The summed E-state index contributed by atoms with van der Waals surface area (Å²) < 4.78 is 6.03. The summed E-state index contributed by atoms with van der Waals surface area (Å²) in [6.07, 6.45) is 0. The summed E-state index contributed by atoms with van der Waals surface area (Å²) in [7, 11) is 0. The second-order valence-corrected chi connectivity index (χ2v) is 8.17. The molecule has 9 heteroatoms. The van der Waals surface area contributed by atoms with Gasteiger partial charge in [-0.1, -0.05) is 19.0 Å². The van der Waals surface area contributed by atoms with Crippen molar-refractivity contribution in [2.24, 2.45) is 0 Å². The van der Waals surface area contributed by atoms with Crippen molar-refractivity contribution in [2.75, 3.05) is 0 Å². The number of rotatable bonds is 3. The van der Waals surface area contributed by atoms with E-state index in [4.69, 9.17) is 4.52 Å². The molecule has 3 heterocycles. The third-order valence-corrected chi connectivity index (χ3v) is 5.18. The van der Waals surface area contributed by atoms with Crippen molar-refractivity contribution >= 4 is 50.2 Å². The molecular weight excluding hydrogens is 408 g/mol. The van der Waals surface area contributed by atoms with Crippen LogP contribution >= 0.6 is 27.3 Å². The van der Waals surface area contributed by atoms with E-state index in [9.17, 15) is 9.59 Å². The van der Waals surface area contributed by atoms with Crippen LogP contribution in [0.15, 0.2) is 26.5 Å². The van der Waals surface area contributed by atoms with Gasteiger partial charge in [-0.05, 0) is 47.0 Å². The number of carbonyl (C=O) groups is 2. The molecule has 0 aromatic carbocycles. The standard InChI is InChI=1S/C16H15BrN4O3S/c1-7(2)10-6-9(13-8(3)21-24-16(13)18-10)14(22)19-20-15(23)11-4-5-12(17)25-11/h4-7H,1-3H3,(H,19,22)(H,20,23). The number of nitrogens with zero attached hydrogens (tertiary/aromatic N) is 2. The van der Waals surface area contributed by atoms with Gasteiger partial charge in [-0.15, -0.1) is 11.3 Å². The Bertz CT molecular complexity index is 964. The van der Waals surface area contributed by atoms with E-state index in [1.54, 1.807) is 25.1 Å². The van der Waals surface area contributed by atoms with Gasteiger partial charge >= 0.3 is 0 Å². The normalized spacial score (nSPS) is 11.1. The molecule has 3 rings (SSSR count). The van der Waals surface area contributed by atoms with Crippen LogP contribution in [0, 0.1) is 6.92 Å². The zero-order valence-corrected chi connectivity index (χ0v) is 16.1. The lowest BCUT2D eigenvalue weighted by molar-refractivity contribution is 0.0849. The maximum Gasteiger partial charge on any atom is 0.279 e. The average molecular weight is 423 g/mol. The average Bonchev–Trinajstić information content (AvgIpc) is 3.18. The molecule has 25 heavy (non-hydrogen) atoms. The minimum absolute atomic E-state index is 0.111. The van der Waals surface area contributed by atoms with Gasteiger partial charge in [0.05, 0.1) is 25.3 Å². The molecule has 0 aliphatic rings. The molecule has 130 valence electrons.